The van der Waals surface area contributed by atoms with Crippen molar-refractivity contribution in [2.45, 2.75) is 6.43 Å². The first-order valence-corrected chi connectivity index (χ1v) is 3.12. The molecule has 66 valence electrons. The molecule has 0 N–H and O–H groups in total. The minimum absolute atomic E-state index is 0.0168. The van der Waals surface area contributed by atoms with Gasteiger partial charge in [0.15, 0.2) is 0 Å². The quantitative estimate of drug-likeness (QED) is 0.690. The van der Waals surface area contributed by atoms with E-state index in [9.17, 15) is 13.2 Å². The highest BCUT2D eigenvalue weighted by atomic mass is 19.3. The standard InChI is InChI=1S/C7H6F3NO/c1-12-6-2-5(8)4(3-11-6)7(9)10/h2-3,7H,1H3. The Labute approximate surface area is 67.0 Å². The molecule has 1 rings (SSSR count). The number of methoxy groups -OCH3 is 1. The van der Waals surface area contributed by atoms with Crippen molar-refractivity contribution in [3.05, 3.63) is 23.6 Å². The third-order valence-corrected chi connectivity index (χ3v) is 1.30. The number of hydrogen-bond acceptors (Lipinski definition) is 2. The zero-order valence-corrected chi connectivity index (χ0v) is 6.22. The summed E-state index contributed by atoms with van der Waals surface area (Å²) in [6, 6.07) is 0.821. The lowest BCUT2D eigenvalue weighted by Crippen LogP contribution is -1.95. The van der Waals surface area contributed by atoms with Crippen molar-refractivity contribution in [1.82, 2.24) is 4.98 Å². The van der Waals surface area contributed by atoms with E-state index in [0.29, 0.717) is 0 Å². The van der Waals surface area contributed by atoms with Gasteiger partial charge in [-0.1, -0.05) is 0 Å². The first kappa shape index (κ1) is 8.83. The molecule has 0 saturated carbocycles. The molecule has 0 fully saturated rings. The van der Waals surface area contributed by atoms with Crippen LogP contribution in [-0.4, -0.2) is 12.1 Å². The molecule has 1 aromatic rings. The van der Waals surface area contributed by atoms with Crippen molar-refractivity contribution in [1.29, 1.82) is 0 Å². The highest BCUT2D eigenvalue weighted by Crippen LogP contribution is 2.22. The van der Waals surface area contributed by atoms with Gasteiger partial charge in [-0.3, -0.25) is 0 Å². The smallest absolute Gasteiger partial charge is 0.268 e. The third-order valence-electron chi connectivity index (χ3n) is 1.30. The van der Waals surface area contributed by atoms with Crippen molar-refractivity contribution >= 4 is 0 Å². The summed E-state index contributed by atoms with van der Waals surface area (Å²) in [4.78, 5) is 3.44. The van der Waals surface area contributed by atoms with Gasteiger partial charge in [-0.2, -0.15) is 0 Å². The van der Waals surface area contributed by atoms with Crippen LogP contribution in [-0.2, 0) is 0 Å². The van der Waals surface area contributed by atoms with Crippen molar-refractivity contribution in [2.75, 3.05) is 7.11 Å². The first-order chi connectivity index (χ1) is 5.65. The maximum Gasteiger partial charge on any atom is 0.268 e. The Kier molecular flexibility index (Phi) is 2.52. The maximum atomic E-state index is 12.7. The molecular weight excluding hydrogens is 171 g/mol. The fraction of sp³-hybridized carbons (Fsp3) is 0.286. The van der Waals surface area contributed by atoms with Gasteiger partial charge in [0, 0.05) is 12.3 Å². The Morgan fingerprint density at radius 3 is 2.58 bits per heavy atom. The molecule has 0 atom stereocenters. The van der Waals surface area contributed by atoms with E-state index >= 15 is 0 Å². The van der Waals surface area contributed by atoms with Gasteiger partial charge >= 0.3 is 0 Å². The monoisotopic (exact) mass is 177 g/mol. The second-order valence-electron chi connectivity index (χ2n) is 2.05. The summed E-state index contributed by atoms with van der Waals surface area (Å²) in [5.74, 6) is -1.02. The molecule has 1 heterocycles. The Balaban J connectivity index is 3.03. The summed E-state index contributed by atoms with van der Waals surface area (Å²) in [6.07, 6.45) is -2.08. The summed E-state index contributed by atoms with van der Waals surface area (Å²) in [7, 11) is 1.28. The van der Waals surface area contributed by atoms with E-state index in [1.165, 1.54) is 7.11 Å². The Morgan fingerprint density at radius 1 is 1.50 bits per heavy atom. The van der Waals surface area contributed by atoms with E-state index in [4.69, 9.17) is 0 Å². The van der Waals surface area contributed by atoms with Gasteiger partial charge in [0.25, 0.3) is 6.43 Å². The van der Waals surface area contributed by atoms with Gasteiger partial charge in [0.05, 0.1) is 12.7 Å². The van der Waals surface area contributed by atoms with Crippen LogP contribution in [0.2, 0.25) is 0 Å². The molecule has 0 aromatic carbocycles. The van der Waals surface area contributed by atoms with Gasteiger partial charge < -0.3 is 4.74 Å². The van der Waals surface area contributed by atoms with Crippen LogP contribution >= 0.6 is 0 Å². The highest BCUT2D eigenvalue weighted by Gasteiger charge is 2.14. The summed E-state index contributed by atoms with van der Waals surface area (Å²) in [6.45, 7) is 0. The number of pyridine rings is 1. The van der Waals surface area contributed by atoms with Gasteiger partial charge in [0.2, 0.25) is 5.88 Å². The number of alkyl halides is 2. The van der Waals surface area contributed by atoms with Crippen molar-refractivity contribution in [3.8, 4) is 5.88 Å². The molecular formula is C7H6F3NO. The Morgan fingerprint density at radius 2 is 2.17 bits per heavy atom. The average molecular weight is 177 g/mol. The summed E-state index contributed by atoms with van der Waals surface area (Å²) >= 11 is 0. The molecule has 0 amide bonds. The van der Waals surface area contributed by atoms with Crippen LogP contribution in [0, 0.1) is 5.82 Å². The summed E-state index contributed by atoms with van der Waals surface area (Å²) in [5.41, 5.74) is -0.712. The van der Waals surface area contributed by atoms with Crippen LogP contribution in [0.25, 0.3) is 0 Å². The molecule has 0 bridgehead atoms. The minimum atomic E-state index is -2.84. The zero-order chi connectivity index (χ0) is 9.14. The largest absolute Gasteiger partial charge is 0.481 e. The SMILES string of the molecule is COc1cc(F)c(C(F)F)cn1. The van der Waals surface area contributed by atoms with E-state index in [-0.39, 0.29) is 5.88 Å². The summed E-state index contributed by atoms with van der Waals surface area (Å²) < 4.78 is 41.1. The molecule has 1 aromatic heterocycles. The predicted octanol–water partition coefficient (Wildman–Crippen LogP) is 2.17. The van der Waals surface area contributed by atoms with Crippen LogP contribution in [0.1, 0.15) is 12.0 Å². The second kappa shape index (κ2) is 3.42. The van der Waals surface area contributed by atoms with Crippen LogP contribution in [0.5, 0.6) is 5.88 Å². The molecule has 0 radical (unpaired) electrons. The topological polar surface area (TPSA) is 22.1 Å². The van der Waals surface area contributed by atoms with Crippen LogP contribution in [0.3, 0.4) is 0 Å². The molecule has 0 unspecified atom stereocenters. The van der Waals surface area contributed by atoms with Crippen LogP contribution in [0.15, 0.2) is 12.3 Å². The van der Waals surface area contributed by atoms with Crippen molar-refractivity contribution < 1.29 is 17.9 Å². The number of halogens is 3. The number of ether oxygens (including phenoxy) is 1. The normalized spacial score (nSPS) is 10.4. The fourth-order valence-electron chi connectivity index (χ4n) is 0.696. The molecule has 12 heavy (non-hydrogen) atoms. The molecule has 0 spiro atoms. The average Bonchev–Trinajstić information content (AvgIpc) is 2.03. The molecule has 2 nitrogen and oxygen atoms in total. The van der Waals surface area contributed by atoms with Gasteiger partial charge in [-0.25, -0.2) is 18.2 Å². The number of rotatable bonds is 2. The third kappa shape index (κ3) is 1.66. The van der Waals surface area contributed by atoms with Gasteiger partial charge in [-0.05, 0) is 0 Å². The summed E-state index contributed by atoms with van der Waals surface area (Å²) in [5, 5.41) is 0. The molecule has 0 saturated heterocycles. The van der Waals surface area contributed by atoms with E-state index in [1.54, 1.807) is 0 Å². The van der Waals surface area contributed by atoms with E-state index in [2.05, 4.69) is 9.72 Å². The first-order valence-electron chi connectivity index (χ1n) is 3.12. The van der Waals surface area contributed by atoms with Gasteiger partial charge in [-0.15, -0.1) is 0 Å². The number of hydrogen-bond donors (Lipinski definition) is 0. The van der Waals surface area contributed by atoms with E-state index in [1.807, 2.05) is 0 Å². The number of nitrogens with zero attached hydrogens (tertiary/aromatic N) is 1. The molecule has 0 aliphatic heterocycles. The lowest BCUT2D eigenvalue weighted by Gasteiger charge is -2.02. The minimum Gasteiger partial charge on any atom is -0.481 e. The van der Waals surface area contributed by atoms with E-state index < -0.39 is 17.8 Å². The predicted molar refractivity (Wildman–Crippen MR) is 35.7 cm³/mol. The fourth-order valence-corrected chi connectivity index (χ4v) is 0.696. The van der Waals surface area contributed by atoms with Gasteiger partial charge in [0.1, 0.15) is 5.82 Å². The molecule has 5 heteroatoms. The second-order valence-corrected chi connectivity index (χ2v) is 2.05. The van der Waals surface area contributed by atoms with Crippen LogP contribution < -0.4 is 4.74 Å². The Hall–Kier alpha value is -1.26. The highest BCUT2D eigenvalue weighted by molar-refractivity contribution is 5.20. The lowest BCUT2D eigenvalue weighted by molar-refractivity contribution is 0.145. The Bertz CT molecular complexity index is 277. The van der Waals surface area contributed by atoms with E-state index in [0.717, 1.165) is 12.3 Å². The lowest BCUT2D eigenvalue weighted by atomic mass is 10.3. The zero-order valence-electron chi connectivity index (χ0n) is 6.22. The molecule has 0 aliphatic carbocycles. The van der Waals surface area contributed by atoms with Crippen molar-refractivity contribution in [3.63, 3.8) is 0 Å². The van der Waals surface area contributed by atoms with Crippen LogP contribution in [0.4, 0.5) is 13.2 Å². The van der Waals surface area contributed by atoms with Crippen molar-refractivity contribution in [2.24, 2.45) is 0 Å². The number of aromatic nitrogens is 1. The molecule has 0 aliphatic rings. The maximum absolute atomic E-state index is 12.7.